The van der Waals surface area contributed by atoms with E-state index >= 15 is 0 Å². The van der Waals surface area contributed by atoms with Crippen molar-refractivity contribution < 1.29 is 5.11 Å². The van der Waals surface area contributed by atoms with Crippen LogP contribution in [0.3, 0.4) is 0 Å². The Bertz CT molecular complexity index is 124. The van der Waals surface area contributed by atoms with Gasteiger partial charge in [0.25, 0.3) is 0 Å². The van der Waals surface area contributed by atoms with Crippen molar-refractivity contribution in [1.29, 1.82) is 0 Å². The van der Waals surface area contributed by atoms with E-state index in [2.05, 4.69) is 27.7 Å². The highest BCUT2D eigenvalue weighted by atomic mass is 16.2. The van der Waals surface area contributed by atoms with Gasteiger partial charge in [-0.25, -0.2) is 0 Å². The van der Waals surface area contributed by atoms with Crippen molar-refractivity contribution in [2.24, 2.45) is 11.3 Å². The molecule has 0 saturated carbocycles. The topological polar surface area (TPSA) is 20.2 Å². The zero-order chi connectivity index (χ0) is 11.0. The fourth-order valence-corrected chi connectivity index (χ4v) is 1.73. The monoisotopic (exact) mass is 200 g/mol. The van der Waals surface area contributed by atoms with E-state index in [1.165, 1.54) is 32.1 Å². The van der Waals surface area contributed by atoms with Crippen molar-refractivity contribution in [1.82, 2.24) is 0 Å². The Morgan fingerprint density at radius 1 is 1.00 bits per heavy atom. The number of hydrogen-bond acceptors (Lipinski definition) is 1. The highest BCUT2D eigenvalue weighted by molar-refractivity contribution is 4.62. The first-order chi connectivity index (χ1) is 6.45. The number of unbranched alkanes of at least 4 members (excludes halogenated alkanes) is 1. The van der Waals surface area contributed by atoms with Crippen LogP contribution in [0.5, 0.6) is 0 Å². The van der Waals surface area contributed by atoms with E-state index in [4.69, 9.17) is 5.11 Å². The van der Waals surface area contributed by atoms with Crippen molar-refractivity contribution in [2.75, 3.05) is 6.61 Å². The molecule has 0 saturated heterocycles. The SMILES string of the molecule is CC(CCCO)CCCCC(C)(C)C. The molecule has 0 aliphatic carbocycles. The molecular weight excluding hydrogens is 172 g/mol. The Labute approximate surface area is 89.9 Å². The third kappa shape index (κ3) is 10.0. The van der Waals surface area contributed by atoms with E-state index in [1.54, 1.807) is 0 Å². The Morgan fingerprint density at radius 3 is 2.07 bits per heavy atom. The normalized spacial score (nSPS) is 14.4. The zero-order valence-electron chi connectivity index (χ0n) is 10.5. The summed E-state index contributed by atoms with van der Waals surface area (Å²) in [5.41, 5.74) is 0.494. The molecular formula is C13H28O. The minimum absolute atomic E-state index is 0.354. The van der Waals surface area contributed by atoms with E-state index in [-0.39, 0.29) is 0 Å². The molecule has 0 aromatic rings. The lowest BCUT2D eigenvalue weighted by Gasteiger charge is -2.18. The summed E-state index contributed by atoms with van der Waals surface area (Å²) in [7, 11) is 0. The van der Waals surface area contributed by atoms with Crippen molar-refractivity contribution in [3.05, 3.63) is 0 Å². The van der Waals surface area contributed by atoms with Gasteiger partial charge in [0.05, 0.1) is 0 Å². The number of hydrogen-bond donors (Lipinski definition) is 1. The Morgan fingerprint density at radius 2 is 1.57 bits per heavy atom. The van der Waals surface area contributed by atoms with Crippen LogP contribution >= 0.6 is 0 Å². The smallest absolute Gasteiger partial charge is 0.0431 e. The number of aliphatic hydroxyl groups excluding tert-OH is 1. The van der Waals surface area contributed by atoms with E-state index in [9.17, 15) is 0 Å². The Kier molecular flexibility index (Phi) is 7.26. The van der Waals surface area contributed by atoms with E-state index in [0.29, 0.717) is 12.0 Å². The molecule has 0 rings (SSSR count). The molecule has 1 nitrogen and oxygen atoms in total. The Balaban J connectivity index is 3.27. The standard InChI is InChI=1S/C13H28O/c1-12(9-7-11-14)8-5-6-10-13(2,3)4/h12,14H,5-11H2,1-4H3. The summed E-state index contributed by atoms with van der Waals surface area (Å²) in [6.45, 7) is 9.58. The molecule has 1 atom stereocenters. The molecule has 0 amide bonds. The van der Waals surface area contributed by atoms with Crippen LogP contribution in [0.1, 0.15) is 66.2 Å². The molecule has 0 spiro atoms. The van der Waals surface area contributed by atoms with Crippen LogP contribution in [0.2, 0.25) is 0 Å². The lowest BCUT2D eigenvalue weighted by atomic mass is 9.88. The van der Waals surface area contributed by atoms with E-state index < -0.39 is 0 Å². The van der Waals surface area contributed by atoms with E-state index in [0.717, 1.165) is 12.3 Å². The maximum atomic E-state index is 8.69. The minimum Gasteiger partial charge on any atom is -0.396 e. The van der Waals surface area contributed by atoms with Gasteiger partial charge in [-0.15, -0.1) is 0 Å². The summed E-state index contributed by atoms with van der Waals surface area (Å²) >= 11 is 0. The molecule has 0 aliphatic heterocycles. The van der Waals surface area contributed by atoms with Crippen molar-refractivity contribution >= 4 is 0 Å². The molecule has 0 bridgehead atoms. The zero-order valence-corrected chi connectivity index (χ0v) is 10.5. The van der Waals surface area contributed by atoms with Crippen LogP contribution in [0.25, 0.3) is 0 Å². The predicted octanol–water partition coefficient (Wildman–Crippen LogP) is 4.00. The summed E-state index contributed by atoms with van der Waals surface area (Å²) in [6.07, 6.45) is 7.53. The second kappa shape index (κ2) is 7.28. The lowest BCUT2D eigenvalue weighted by Crippen LogP contribution is -2.04. The van der Waals surface area contributed by atoms with Crippen molar-refractivity contribution in [2.45, 2.75) is 66.2 Å². The molecule has 0 aromatic carbocycles. The molecule has 1 heteroatoms. The second-order valence-electron chi connectivity index (χ2n) is 5.78. The van der Waals surface area contributed by atoms with Gasteiger partial charge in [-0.1, -0.05) is 47.0 Å². The van der Waals surface area contributed by atoms with Gasteiger partial charge in [-0.3, -0.25) is 0 Å². The largest absolute Gasteiger partial charge is 0.396 e. The van der Waals surface area contributed by atoms with Gasteiger partial charge in [0.1, 0.15) is 0 Å². The van der Waals surface area contributed by atoms with Crippen LogP contribution in [0, 0.1) is 11.3 Å². The van der Waals surface area contributed by atoms with Crippen LogP contribution in [-0.4, -0.2) is 11.7 Å². The lowest BCUT2D eigenvalue weighted by molar-refractivity contribution is 0.269. The molecule has 0 aromatic heterocycles. The Hall–Kier alpha value is -0.0400. The average molecular weight is 200 g/mol. The summed E-state index contributed by atoms with van der Waals surface area (Å²) in [6, 6.07) is 0. The van der Waals surface area contributed by atoms with Gasteiger partial charge in [0, 0.05) is 6.61 Å². The fourth-order valence-electron chi connectivity index (χ4n) is 1.73. The van der Waals surface area contributed by atoms with Gasteiger partial charge >= 0.3 is 0 Å². The molecule has 1 N–H and O–H groups in total. The third-order valence-corrected chi connectivity index (χ3v) is 2.73. The average Bonchev–Trinajstić information content (AvgIpc) is 2.07. The first-order valence-corrected chi connectivity index (χ1v) is 6.06. The van der Waals surface area contributed by atoms with Crippen LogP contribution in [0.4, 0.5) is 0 Å². The van der Waals surface area contributed by atoms with Gasteiger partial charge in [-0.2, -0.15) is 0 Å². The van der Waals surface area contributed by atoms with E-state index in [1.807, 2.05) is 0 Å². The first kappa shape index (κ1) is 14.0. The number of aliphatic hydroxyl groups is 1. The number of rotatable bonds is 7. The fraction of sp³-hybridized carbons (Fsp3) is 1.00. The van der Waals surface area contributed by atoms with Crippen LogP contribution in [-0.2, 0) is 0 Å². The van der Waals surface area contributed by atoms with Gasteiger partial charge in [-0.05, 0) is 30.6 Å². The predicted molar refractivity (Wildman–Crippen MR) is 63.4 cm³/mol. The molecule has 86 valence electrons. The third-order valence-electron chi connectivity index (χ3n) is 2.73. The maximum Gasteiger partial charge on any atom is 0.0431 e. The first-order valence-electron chi connectivity index (χ1n) is 6.06. The molecule has 14 heavy (non-hydrogen) atoms. The van der Waals surface area contributed by atoms with Gasteiger partial charge in [0.2, 0.25) is 0 Å². The highest BCUT2D eigenvalue weighted by Gasteiger charge is 2.09. The van der Waals surface area contributed by atoms with Gasteiger partial charge in [0.15, 0.2) is 0 Å². The highest BCUT2D eigenvalue weighted by Crippen LogP contribution is 2.23. The summed E-state index contributed by atoms with van der Waals surface area (Å²) < 4.78 is 0. The molecule has 0 fully saturated rings. The van der Waals surface area contributed by atoms with Crippen molar-refractivity contribution in [3.63, 3.8) is 0 Å². The summed E-state index contributed by atoms with van der Waals surface area (Å²) in [4.78, 5) is 0. The summed E-state index contributed by atoms with van der Waals surface area (Å²) in [5.74, 6) is 0.794. The molecule has 0 radical (unpaired) electrons. The maximum absolute atomic E-state index is 8.69. The molecule has 0 heterocycles. The molecule has 0 aliphatic rings. The minimum atomic E-state index is 0.354. The van der Waals surface area contributed by atoms with Crippen LogP contribution < -0.4 is 0 Å². The quantitative estimate of drug-likeness (QED) is 0.616. The van der Waals surface area contributed by atoms with Crippen LogP contribution in [0.15, 0.2) is 0 Å². The van der Waals surface area contributed by atoms with Gasteiger partial charge < -0.3 is 5.11 Å². The van der Waals surface area contributed by atoms with Crippen molar-refractivity contribution in [3.8, 4) is 0 Å². The second-order valence-corrected chi connectivity index (χ2v) is 5.78. The molecule has 1 unspecified atom stereocenters. The summed E-state index contributed by atoms with van der Waals surface area (Å²) in [5, 5.41) is 8.69.